The Morgan fingerprint density at radius 2 is 1.50 bits per heavy atom. The second-order valence-electron chi connectivity index (χ2n) is 8.59. The average Bonchev–Trinajstić information content (AvgIpc) is 3.36. The van der Waals surface area contributed by atoms with E-state index in [-0.39, 0.29) is 22.2 Å². The number of rotatable bonds is 5. The van der Waals surface area contributed by atoms with Crippen LogP contribution in [0.1, 0.15) is 22.0 Å². The summed E-state index contributed by atoms with van der Waals surface area (Å²) in [4.78, 5) is 15.0. The molecule has 4 aromatic rings. The normalized spacial score (nSPS) is 14.3. The van der Waals surface area contributed by atoms with E-state index >= 15 is 0 Å². The summed E-state index contributed by atoms with van der Waals surface area (Å²) in [6.07, 6.45) is 0.963. The highest BCUT2D eigenvalue weighted by atomic mass is 35.5. The smallest absolute Gasteiger partial charge is 0.327 e. The van der Waals surface area contributed by atoms with Crippen LogP contribution in [-0.2, 0) is 42.7 Å². The molecule has 3 aromatic carbocycles. The Morgan fingerprint density at radius 3 is 2.02 bits per heavy atom. The lowest BCUT2D eigenvalue weighted by molar-refractivity contribution is -0.147. The number of esters is 1. The van der Waals surface area contributed by atoms with Crippen molar-refractivity contribution >= 4 is 59.9 Å². The zero-order valence-electron chi connectivity index (χ0n) is 21.0. The first-order chi connectivity index (χ1) is 18.4. The highest BCUT2D eigenvalue weighted by Crippen LogP contribution is 2.34. The standard InChI is InChI=1S/C16H16ClNO2S.C10H8O6S2.H2O/c1-20-16(19)15(12-4-2-3-5-13(12)17)18-8-6-14-11(10-18)7-9-21-14;11-17(12,13)9-5-1-3-7-8(9)4-2-6-10(7)18(14,15)16;/h2-5,7,9,15H,6,8,10H2,1H3;1-6H,(H,11,12,13)(H,14,15,16);1H2/t15-;;/m0../s1. The van der Waals surface area contributed by atoms with Gasteiger partial charge in [0.25, 0.3) is 20.2 Å². The molecule has 0 bridgehead atoms. The second-order valence-corrected chi connectivity index (χ2v) is 12.8. The Balaban J connectivity index is 0.000000218. The van der Waals surface area contributed by atoms with Crippen LogP contribution in [0.2, 0.25) is 5.02 Å². The van der Waals surface area contributed by atoms with Gasteiger partial charge < -0.3 is 10.2 Å². The fourth-order valence-corrected chi connectivity index (χ4v) is 7.02. The lowest BCUT2D eigenvalue weighted by Gasteiger charge is -2.33. The minimum absolute atomic E-state index is 0. The van der Waals surface area contributed by atoms with Crippen molar-refractivity contribution < 1.29 is 40.9 Å². The largest absolute Gasteiger partial charge is 0.468 e. The topological polar surface area (TPSA) is 170 Å². The maximum absolute atomic E-state index is 12.3. The van der Waals surface area contributed by atoms with Gasteiger partial charge in [-0.05, 0) is 47.2 Å². The molecular formula is C26H26ClNO9S3. The molecule has 10 nitrogen and oxygen atoms in total. The molecule has 0 saturated heterocycles. The number of benzene rings is 3. The third-order valence-electron chi connectivity index (χ3n) is 6.22. The van der Waals surface area contributed by atoms with Gasteiger partial charge in [0.05, 0.1) is 7.11 Å². The minimum Gasteiger partial charge on any atom is -0.468 e. The lowest BCUT2D eigenvalue weighted by atomic mass is 10.0. The molecule has 0 saturated carbocycles. The van der Waals surface area contributed by atoms with Crippen molar-refractivity contribution in [2.24, 2.45) is 0 Å². The summed E-state index contributed by atoms with van der Waals surface area (Å²) >= 11 is 8.07. The molecule has 5 rings (SSSR count). The number of thiophene rings is 1. The number of methoxy groups -OCH3 is 1. The van der Waals surface area contributed by atoms with Crippen molar-refractivity contribution in [1.82, 2.24) is 4.90 Å². The van der Waals surface area contributed by atoms with E-state index in [1.54, 1.807) is 11.3 Å². The summed E-state index contributed by atoms with van der Waals surface area (Å²) in [5.41, 5.74) is 2.11. The maximum Gasteiger partial charge on any atom is 0.327 e. The van der Waals surface area contributed by atoms with E-state index in [2.05, 4.69) is 16.3 Å². The Morgan fingerprint density at radius 1 is 0.925 bits per heavy atom. The molecule has 1 aliphatic rings. The highest BCUT2D eigenvalue weighted by molar-refractivity contribution is 7.86. The third kappa shape index (κ3) is 6.87. The van der Waals surface area contributed by atoms with Crippen LogP contribution in [0.25, 0.3) is 10.8 Å². The lowest BCUT2D eigenvalue weighted by Crippen LogP contribution is -2.38. The van der Waals surface area contributed by atoms with Gasteiger partial charge in [-0.25, -0.2) is 4.79 Å². The number of hydrogen-bond acceptors (Lipinski definition) is 8. The minimum atomic E-state index is -4.47. The maximum atomic E-state index is 12.3. The second kappa shape index (κ2) is 12.7. The van der Waals surface area contributed by atoms with Crippen molar-refractivity contribution in [3.63, 3.8) is 0 Å². The molecule has 0 fully saturated rings. The molecule has 0 spiro atoms. The predicted molar refractivity (Wildman–Crippen MR) is 152 cm³/mol. The fraction of sp³-hybridized carbons (Fsp3) is 0.192. The third-order valence-corrected chi connectivity index (χ3v) is 9.42. The zero-order chi connectivity index (χ0) is 28.4. The van der Waals surface area contributed by atoms with Crippen LogP contribution in [0, 0.1) is 0 Å². The summed E-state index contributed by atoms with van der Waals surface area (Å²) in [6.45, 7) is 1.59. The van der Waals surface area contributed by atoms with Crippen molar-refractivity contribution in [3.05, 3.63) is 93.1 Å². The molecule has 0 unspecified atom stereocenters. The van der Waals surface area contributed by atoms with Gasteiger partial charge in [0.2, 0.25) is 0 Å². The molecular weight excluding hydrogens is 602 g/mol. The Hall–Kier alpha value is -2.88. The predicted octanol–water partition coefficient (Wildman–Crippen LogP) is 4.18. The molecule has 1 aliphatic heterocycles. The summed E-state index contributed by atoms with van der Waals surface area (Å²) in [5.74, 6) is -0.262. The van der Waals surface area contributed by atoms with E-state index in [1.807, 2.05) is 24.3 Å². The van der Waals surface area contributed by atoms with Crippen molar-refractivity contribution in [1.29, 1.82) is 0 Å². The first-order valence-corrected chi connectivity index (χ1v) is 15.6. The molecule has 1 atom stereocenters. The van der Waals surface area contributed by atoms with Crippen LogP contribution < -0.4 is 0 Å². The number of hydrogen-bond donors (Lipinski definition) is 2. The van der Waals surface area contributed by atoms with Gasteiger partial charge in [0.15, 0.2) is 0 Å². The fourth-order valence-electron chi connectivity index (χ4n) is 4.47. The molecule has 2 heterocycles. The van der Waals surface area contributed by atoms with Crippen LogP contribution in [0.3, 0.4) is 0 Å². The molecule has 0 aliphatic carbocycles. The Kier molecular flexibility index (Phi) is 10.1. The van der Waals surface area contributed by atoms with E-state index in [9.17, 15) is 21.6 Å². The first-order valence-electron chi connectivity index (χ1n) is 11.5. The molecule has 214 valence electrons. The van der Waals surface area contributed by atoms with Crippen LogP contribution in [0.4, 0.5) is 0 Å². The van der Waals surface area contributed by atoms with Gasteiger partial charge in [-0.1, -0.05) is 54.1 Å². The summed E-state index contributed by atoms with van der Waals surface area (Å²) < 4.78 is 67.7. The average molecular weight is 628 g/mol. The van der Waals surface area contributed by atoms with Crippen LogP contribution in [-0.4, -0.2) is 55.9 Å². The molecule has 40 heavy (non-hydrogen) atoms. The SMILES string of the molecule is COC(=O)[C@H](c1ccccc1Cl)N1CCc2sccc2C1.O.O=S(=O)(O)c1cccc2c(S(=O)(=O)O)cccc12. The monoisotopic (exact) mass is 627 g/mol. The number of fused-ring (bicyclic) bond motifs is 2. The van der Waals surface area contributed by atoms with Gasteiger partial charge >= 0.3 is 5.97 Å². The molecule has 14 heteroatoms. The molecule has 1 aromatic heterocycles. The van der Waals surface area contributed by atoms with Gasteiger partial charge in [-0.15, -0.1) is 11.3 Å². The first kappa shape index (κ1) is 31.6. The van der Waals surface area contributed by atoms with E-state index in [0.29, 0.717) is 5.02 Å². The molecule has 0 amide bonds. The van der Waals surface area contributed by atoms with Gasteiger partial charge in [0.1, 0.15) is 15.8 Å². The molecule has 4 N–H and O–H groups in total. The van der Waals surface area contributed by atoms with Crippen LogP contribution in [0.5, 0.6) is 0 Å². The van der Waals surface area contributed by atoms with Crippen molar-refractivity contribution in [2.75, 3.05) is 13.7 Å². The Labute approximate surface area is 240 Å². The van der Waals surface area contributed by atoms with E-state index in [4.69, 9.17) is 25.4 Å². The van der Waals surface area contributed by atoms with Crippen molar-refractivity contribution in [3.8, 4) is 0 Å². The molecule has 0 radical (unpaired) electrons. The van der Waals surface area contributed by atoms with Crippen LogP contribution >= 0.6 is 22.9 Å². The quantitative estimate of drug-likeness (QED) is 0.243. The van der Waals surface area contributed by atoms with Gasteiger partial charge in [0, 0.05) is 33.8 Å². The number of carbonyl (C=O) groups excluding carboxylic acids is 1. The van der Waals surface area contributed by atoms with E-state index < -0.39 is 36.1 Å². The highest BCUT2D eigenvalue weighted by Gasteiger charge is 2.32. The van der Waals surface area contributed by atoms with Crippen LogP contribution in [0.15, 0.2) is 81.9 Å². The number of carbonyl (C=O) groups is 1. The van der Waals surface area contributed by atoms with E-state index in [1.165, 1.54) is 41.8 Å². The van der Waals surface area contributed by atoms with Crippen molar-refractivity contribution in [2.45, 2.75) is 28.8 Å². The number of nitrogens with zero attached hydrogens (tertiary/aromatic N) is 1. The number of ether oxygens (including phenoxy) is 1. The summed E-state index contributed by atoms with van der Waals surface area (Å²) in [7, 11) is -7.51. The zero-order valence-corrected chi connectivity index (χ0v) is 24.2. The van der Waals surface area contributed by atoms with E-state index in [0.717, 1.165) is 37.2 Å². The number of halogens is 1. The summed E-state index contributed by atoms with van der Waals surface area (Å²) in [5, 5.41) is 2.76. The van der Waals surface area contributed by atoms with Gasteiger partial charge in [-0.2, -0.15) is 16.8 Å². The summed E-state index contributed by atoms with van der Waals surface area (Å²) in [6, 6.07) is 16.7. The van der Waals surface area contributed by atoms with Gasteiger partial charge in [-0.3, -0.25) is 14.0 Å². The Bertz CT molecular complexity index is 1670.